The zero-order valence-electron chi connectivity index (χ0n) is 17.1. The number of hydrogen-bond acceptors (Lipinski definition) is 5. The van der Waals surface area contributed by atoms with Crippen molar-refractivity contribution in [2.45, 2.75) is 31.0 Å². The molecular formula is C21H16F4N6OS. The van der Waals surface area contributed by atoms with Crippen LogP contribution in [0.2, 0.25) is 0 Å². The Morgan fingerprint density at radius 2 is 2.00 bits per heavy atom. The Hall–Kier alpha value is -3.59. The minimum Gasteiger partial charge on any atom is -0.355 e. The van der Waals surface area contributed by atoms with Crippen molar-refractivity contribution >= 4 is 40.4 Å². The van der Waals surface area contributed by atoms with E-state index in [1.165, 1.54) is 30.1 Å². The SMILES string of the molecule is CNC(=O)c1ccc(N2C(=S)N(c3cnc(C#N)c(C(F)(F)F)c3)C(=N)C23CCC3)cc1F. The molecule has 1 aliphatic carbocycles. The van der Waals surface area contributed by atoms with Gasteiger partial charge in [-0.1, -0.05) is 0 Å². The lowest BCUT2D eigenvalue weighted by Crippen LogP contribution is -2.55. The minimum absolute atomic E-state index is 0.0218. The van der Waals surface area contributed by atoms with Gasteiger partial charge in [0, 0.05) is 12.7 Å². The number of benzene rings is 1. The van der Waals surface area contributed by atoms with Gasteiger partial charge < -0.3 is 10.2 Å². The van der Waals surface area contributed by atoms with E-state index in [1.807, 2.05) is 0 Å². The first-order chi connectivity index (χ1) is 15.5. The second-order valence-electron chi connectivity index (χ2n) is 7.63. The monoisotopic (exact) mass is 476 g/mol. The first kappa shape index (κ1) is 22.6. The van der Waals surface area contributed by atoms with E-state index in [1.54, 1.807) is 0 Å². The van der Waals surface area contributed by atoms with Gasteiger partial charge in [0.05, 0.1) is 23.0 Å². The van der Waals surface area contributed by atoms with Crippen LogP contribution < -0.4 is 15.1 Å². The Morgan fingerprint density at radius 1 is 1.30 bits per heavy atom. The van der Waals surface area contributed by atoms with Crippen LogP contribution in [0.1, 0.15) is 40.9 Å². The number of nitriles is 1. The highest BCUT2D eigenvalue weighted by molar-refractivity contribution is 7.81. The maximum absolute atomic E-state index is 14.7. The van der Waals surface area contributed by atoms with Gasteiger partial charge in [-0.05, 0) is 55.7 Å². The summed E-state index contributed by atoms with van der Waals surface area (Å²) in [4.78, 5) is 18.1. The van der Waals surface area contributed by atoms with Gasteiger partial charge in [0.25, 0.3) is 5.91 Å². The van der Waals surface area contributed by atoms with Crippen molar-refractivity contribution in [2.24, 2.45) is 0 Å². The quantitative estimate of drug-likeness (QED) is 0.514. The predicted molar refractivity (Wildman–Crippen MR) is 116 cm³/mol. The second-order valence-corrected chi connectivity index (χ2v) is 7.99. The first-order valence-electron chi connectivity index (χ1n) is 9.77. The molecule has 7 nitrogen and oxygen atoms in total. The smallest absolute Gasteiger partial charge is 0.355 e. The van der Waals surface area contributed by atoms with Crippen molar-refractivity contribution in [1.82, 2.24) is 10.3 Å². The molecule has 1 saturated heterocycles. The predicted octanol–water partition coefficient (Wildman–Crippen LogP) is 3.98. The third kappa shape index (κ3) is 3.39. The normalized spacial score (nSPS) is 17.2. The van der Waals surface area contributed by atoms with Crippen molar-refractivity contribution in [3.8, 4) is 6.07 Å². The van der Waals surface area contributed by atoms with Crippen molar-refractivity contribution in [2.75, 3.05) is 16.8 Å². The third-order valence-electron chi connectivity index (χ3n) is 5.88. The summed E-state index contributed by atoms with van der Waals surface area (Å²) < 4.78 is 55.1. The molecule has 33 heavy (non-hydrogen) atoms. The molecule has 0 radical (unpaired) electrons. The number of carbonyl (C=O) groups excluding carboxylic acids is 1. The Labute approximate surface area is 191 Å². The minimum atomic E-state index is -4.83. The lowest BCUT2D eigenvalue weighted by atomic mass is 9.75. The first-order valence-corrected chi connectivity index (χ1v) is 10.2. The van der Waals surface area contributed by atoms with Gasteiger partial charge in [0.2, 0.25) is 0 Å². The fourth-order valence-electron chi connectivity index (χ4n) is 4.11. The molecule has 4 rings (SSSR count). The van der Waals surface area contributed by atoms with Gasteiger partial charge in [-0.15, -0.1) is 0 Å². The molecule has 1 aromatic heterocycles. The van der Waals surface area contributed by atoms with Crippen LogP contribution in [0.3, 0.4) is 0 Å². The van der Waals surface area contributed by atoms with E-state index in [9.17, 15) is 22.4 Å². The maximum atomic E-state index is 14.7. The number of aromatic nitrogens is 1. The zero-order valence-corrected chi connectivity index (χ0v) is 17.9. The highest BCUT2D eigenvalue weighted by Crippen LogP contribution is 2.48. The van der Waals surface area contributed by atoms with Gasteiger partial charge in [0.15, 0.2) is 10.8 Å². The summed E-state index contributed by atoms with van der Waals surface area (Å²) in [6.45, 7) is 0. The fourth-order valence-corrected chi connectivity index (χ4v) is 4.58. The van der Waals surface area contributed by atoms with Crippen LogP contribution in [0.5, 0.6) is 0 Å². The molecule has 2 heterocycles. The number of amides is 1. The standard InChI is InChI=1S/C21H16F4N6OS/c1-28-17(32)13-4-3-11(8-15(13)22)31-19(33)30(18(27)20(31)5-2-6-20)12-7-14(21(23,24)25)16(9-26)29-10-12/h3-4,7-8,10,27H,2,5-6H2,1H3,(H,28,32). The van der Waals surface area contributed by atoms with E-state index in [4.69, 9.17) is 22.9 Å². The molecule has 1 amide bonds. The summed E-state index contributed by atoms with van der Waals surface area (Å²) in [7, 11) is 1.37. The van der Waals surface area contributed by atoms with Crippen molar-refractivity contribution in [1.29, 1.82) is 10.7 Å². The highest BCUT2D eigenvalue weighted by atomic mass is 32.1. The number of rotatable bonds is 3. The summed E-state index contributed by atoms with van der Waals surface area (Å²) in [5.41, 5.74) is -3.00. The number of carbonyl (C=O) groups is 1. The highest BCUT2D eigenvalue weighted by Gasteiger charge is 2.57. The molecule has 1 aromatic carbocycles. The topological polar surface area (TPSA) is 96.1 Å². The van der Waals surface area contributed by atoms with Gasteiger partial charge in [0.1, 0.15) is 23.3 Å². The number of anilines is 2. The number of amidine groups is 1. The summed E-state index contributed by atoms with van der Waals surface area (Å²) >= 11 is 5.54. The van der Waals surface area contributed by atoms with Crippen molar-refractivity contribution < 1.29 is 22.4 Å². The fraction of sp³-hybridized carbons (Fsp3) is 0.286. The Bertz CT molecular complexity index is 1230. The summed E-state index contributed by atoms with van der Waals surface area (Å²) in [5, 5.41) is 20.1. The van der Waals surface area contributed by atoms with E-state index in [0.29, 0.717) is 12.8 Å². The van der Waals surface area contributed by atoms with E-state index < -0.39 is 34.7 Å². The average Bonchev–Trinajstić information content (AvgIpc) is 2.98. The number of nitrogens with zero attached hydrogens (tertiary/aromatic N) is 4. The largest absolute Gasteiger partial charge is 0.419 e. The molecule has 2 N–H and O–H groups in total. The lowest BCUT2D eigenvalue weighted by Gasteiger charge is -2.44. The molecule has 170 valence electrons. The van der Waals surface area contributed by atoms with E-state index in [2.05, 4.69) is 10.3 Å². The number of nitrogens with one attached hydrogen (secondary N) is 2. The Balaban J connectivity index is 1.80. The maximum Gasteiger partial charge on any atom is 0.419 e. The van der Waals surface area contributed by atoms with Gasteiger partial charge in [-0.3, -0.25) is 15.1 Å². The van der Waals surface area contributed by atoms with Crippen molar-refractivity contribution in [3.63, 3.8) is 0 Å². The van der Waals surface area contributed by atoms with Crippen LogP contribution in [0.25, 0.3) is 0 Å². The number of thiocarbonyl (C=S) groups is 1. The Morgan fingerprint density at radius 3 is 2.52 bits per heavy atom. The van der Waals surface area contributed by atoms with Gasteiger partial charge >= 0.3 is 6.18 Å². The molecular weight excluding hydrogens is 460 g/mol. The van der Waals surface area contributed by atoms with Crippen LogP contribution >= 0.6 is 12.2 Å². The second kappa shape index (κ2) is 7.77. The molecule has 0 bridgehead atoms. The molecule has 2 aromatic rings. The summed E-state index contributed by atoms with van der Waals surface area (Å²) in [6, 6.07) is 6.04. The van der Waals surface area contributed by atoms with Crippen LogP contribution in [-0.4, -0.2) is 34.4 Å². The number of alkyl halides is 3. The molecule has 0 unspecified atom stereocenters. The third-order valence-corrected chi connectivity index (χ3v) is 6.25. The van der Waals surface area contributed by atoms with Gasteiger partial charge in [-0.2, -0.15) is 18.4 Å². The molecule has 1 spiro atoms. The molecule has 0 atom stereocenters. The molecule has 2 fully saturated rings. The number of hydrogen-bond donors (Lipinski definition) is 2. The number of halogens is 4. The van der Waals surface area contributed by atoms with E-state index >= 15 is 0 Å². The van der Waals surface area contributed by atoms with Crippen LogP contribution in [0, 0.1) is 22.6 Å². The lowest BCUT2D eigenvalue weighted by molar-refractivity contribution is -0.138. The van der Waals surface area contributed by atoms with Crippen LogP contribution in [0.15, 0.2) is 30.5 Å². The average molecular weight is 476 g/mol. The number of pyridine rings is 1. The van der Waals surface area contributed by atoms with Crippen molar-refractivity contribution in [3.05, 3.63) is 53.1 Å². The van der Waals surface area contributed by atoms with E-state index in [-0.39, 0.29) is 27.9 Å². The van der Waals surface area contributed by atoms with Gasteiger partial charge in [-0.25, -0.2) is 9.37 Å². The molecule has 2 aliphatic rings. The molecule has 12 heteroatoms. The van der Waals surface area contributed by atoms with Crippen LogP contribution in [0.4, 0.5) is 28.9 Å². The molecule has 1 saturated carbocycles. The summed E-state index contributed by atoms with van der Waals surface area (Å²) in [5.74, 6) is -1.47. The van der Waals surface area contributed by atoms with E-state index in [0.717, 1.165) is 29.7 Å². The Kier molecular flexibility index (Phi) is 5.32. The zero-order chi connectivity index (χ0) is 24.1. The van der Waals surface area contributed by atoms with Crippen LogP contribution in [-0.2, 0) is 6.18 Å². The summed E-state index contributed by atoms with van der Waals surface area (Å²) in [6.07, 6.45) is -2.06. The molecule has 1 aliphatic heterocycles.